The molecule has 4 nitrogen and oxygen atoms in total. The molecule has 0 amide bonds. The zero-order valence-electron chi connectivity index (χ0n) is 13.7. The van der Waals surface area contributed by atoms with E-state index in [1.807, 2.05) is 24.3 Å². The molecule has 0 saturated carbocycles. The lowest BCUT2D eigenvalue weighted by molar-refractivity contribution is 0.260. The van der Waals surface area contributed by atoms with Crippen LogP contribution in [0.25, 0.3) is 0 Å². The maximum atomic E-state index is 5.85. The summed E-state index contributed by atoms with van der Waals surface area (Å²) in [5.41, 5.74) is 9.21. The molecule has 0 bridgehead atoms. The molecule has 122 valence electrons. The van der Waals surface area contributed by atoms with Crippen LogP contribution in [0.1, 0.15) is 5.56 Å². The summed E-state index contributed by atoms with van der Waals surface area (Å²) in [6, 6.07) is 16.5. The fourth-order valence-corrected chi connectivity index (χ4v) is 3.14. The van der Waals surface area contributed by atoms with Crippen molar-refractivity contribution in [3.63, 3.8) is 0 Å². The first-order valence-corrected chi connectivity index (χ1v) is 8.21. The molecule has 1 saturated heterocycles. The number of nitrogen functional groups attached to an aromatic ring is 1. The first-order chi connectivity index (χ1) is 11.3. The van der Waals surface area contributed by atoms with E-state index in [2.05, 4.69) is 34.1 Å². The highest BCUT2D eigenvalue weighted by atomic mass is 16.5. The van der Waals surface area contributed by atoms with E-state index < -0.39 is 0 Å². The summed E-state index contributed by atoms with van der Waals surface area (Å²) >= 11 is 0. The van der Waals surface area contributed by atoms with Gasteiger partial charge in [-0.15, -0.1) is 0 Å². The number of hydrogen-bond donors (Lipinski definition) is 1. The van der Waals surface area contributed by atoms with E-state index in [1.54, 1.807) is 7.11 Å². The van der Waals surface area contributed by atoms with Crippen molar-refractivity contribution in [2.75, 3.05) is 50.5 Å². The van der Waals surface area contributed by atoms with E-state index in [-0.39, 0.29) is 0 Å². The number of anilines is 2. The highest BCUT2D eigenvalue weighted by Crippen LogP contribution is 2.28. The van der Waals surface area contributed by atoms with Gasteiger partial charge < -0.3 is 15.4 Å². The molecule has 2 N–H and O–H groups in total. The predicted octanol–water partition coefficient (Wildman–Crippen LogP) is 2.64. The van der Waals surface area contributed by atoms with Gasteiger partial charge in [-0.25, -0.2) is 0 Å². The van der Waals surface area contributed by atoms with Gasteiger partial charge in [0.25, 0.3) is 0 Å². The van der Waals surface area contributed by atoms with Gasteiger partial charge in [0.1, 0.15) is 5.75 Å². The maximum absolute atomic E-state index is 5.85. The lowest BCUT2D eigenvalue weighted by Gasteiger charge is -2.36. The quantitative estimate of drug-likeness (QED) is 0.862. The number of hydrogen-bond acceptors (Lipinski definition) is 4. The van der Waals surface area contributed by atoms with Crippen molar-refractivity contribution < 1.29 is 4.74 Å². The summed E-state index contributed by atoms with van der Waals surface area (Å²) in [6.07, 6.45) is 1.06. The van der Waals surface area contributed by atoms with Crippen LogP contribution < -0.4 is 15.4 Å². The number of para-hydroxylation sites is 2. The van der Waals surface area contributed by atoms with Gasteiger partial charge in [0.15, 0.2) is 0 Å². The molecule has 0 aromatic heterocycles. The fraction of sp³-hybridized carbons (Fsp3) is 0.368. The average molecular weight is 311 g/mol. The van der Waals surface area contributed by atoms with Crippen LogP contribution >= 0.6 is 0 Å². The summed E-state index contributed by atoms with van der Waals surface area (Å²) in [4.78, 5) is 4.94. The Kier molecular flexibility index (Phi) is 5.03. The van der Waals surface area contributed by atoms with Crippen LogP contribution in [0.5, 0.6) is 5.75 Å². The molecule has 4 heteroatoms. The van der Waals surface area contributed by atoms with Crippen LogP contribution in [0.2, 0.25) is 0 Å². The van der Waals surface area contributed by atoms with Crippen LogP contribution in [0.4, 0.5) is 11.4 Å². The second kappa shape index (κ2) is 7.38. The Morgan fingerprint density at radius 1 is 1.00 bits per heavy atom. The highest BCUT2D eigenvalue weighted by molar-refractivity contribution is 5.58. The van der Waals surface area contributed by atoms with Crippen molar-refractivity contribution >= 4 is 11.4 Å². The molecule has 23 heavy (non-hydrogen) atoms. The lowest BCUT2D eigenvalue weighted by atomic mass is 10.1. The Hall–Kier alpha value is -2.20. The molecule has 1 fully saturated rings. The van der Waals surface area contributed by atoms with Crippen molar-refractivity contribution in [2.24, 2.45) is 0 Å². The van der Waals surface area contributed by atoms with E-state index in [1.165, 1.54) is 11.3 Å². The average Bonchev–Trinajstić information content (AvgIpc) is 2.60. The molecule has 1 heterocycles. The first kappa shape index (κ1) is 15.7. The van der Waals surface area contributed by atoms with Gasteiger partial charge in [-0.2, -0.15) is 0 Å². The Morgan fingerprint density at radius 3 is 2.52 bits per heavy atom. The van der Waals surface area contributed by atoms with Gasteiger partial charge in [0.05, 0.1) is 12.8 Å². The minimum absolute atomic E-state index is 0.850. The molecule has 3 rings (SSSR count). The van der Waals surface area contributed by atoms with Gasteiger partial charge in [0, 0.05) is 38.4 Å². The van der Waals surface area contributed by atoms with Crippen LogP contribution in [0.3, 0.4) is 0 Å². The molecular weight excluding hydrogens is 286 g/mol. The zero-order valence-corrected chi connectivity index (χ0v) is 13.7. The summed E-state index contributed by atoms with van der Waals surface area (Å²) in [5, 5.41) is 0. The third-order valence-electron chi connectivity index (χ3n) is 4.47. The molecule has 0 radical (unpaired) electrons. The van der Waals surface area contributed by atoms with Crippen LogP contribution in [0.15, 0.2) is 48.5 Å². The molecule has 0 atom stereocenters. The van der Waals surface area contributed by atoms with Gasteiger partial charge in [-0.3, -0.25) is 4.90 Å². The van der Waals surface area contributed by atoms with Crippen molar-refractivity contribution in [1.82, 2.24) is 4.90 Å². The maximum Gasteiger partial charge on any atom is 0.142 e. The third-order valence-corrected chi connectivity index (χ3v) is 4.47. The Labute approximate surface area is 138 Å². The topological polar surface area (TPSA) is 41.7 Å². The Morgan fingerprint density at radius 2 is 1.78 bits per heavy atom. The number of benzene rings is 2. The van der Waals surface area contributed by atoms with Crippen molar-refractivity contribution in [1.29, 1.82) is 0 Å². The molecule has 1 aliphatic rings. The van der Waals surface area contributed by atoms with E-state index in [9.17, 15) is 0 Å². The second-order valence-electron chi connectivity index (χ2n) is 6.00. The van der Waals surface area contributed by atoms with Crippen molar-refractivity contribution in [2.45, 2.75) is 6.42 Å². The summed E-state index contributed by atoms with van der Waals surface area (Å²) in [6.45, 7) is 5.33. The van der Waals surface area contributed by atoms with E-state index >= 15 is 0 Å². The van der Waals surface area contributed by atoms with Crippen molar-refractivity contribution in [3.05, 3.63) is 54.1 Å². The number of nitrogens with zero attached hydrogens (tertiary/aromatic N) is 2. The SMILES string of the molecule is COc1ccccc1N1CCN(CCc2cccc(N)c2)CC1. The summed E-state index contributed by atoms with van der Waals surface area (Å²) in [7, 11) is 1.74. The predicted molar refractivity (Wildman–Crippen MR) is 96.2 cm³/mol. The smallest absolute Gasteiger partial charge is 0.142 e. The molecule has 0 spiro atoms. The number of nitrogens with two attached hydrogens (primary N) is 1. The van der Waals surface area contributed by atoms with Gasteiger partial charge in [-0.05, 0) is 36.2 Å². The second-order valence-corrected chi connectivity index (χ2v) is 6.00. The molecule has 0 unspecified atom stereocenters. The molecule has 2 aromatic carbocycles. The number of piperazine rings is 1. The fourth-order valence-electron chi connectivity index (χ4n) is 3.14. The first-order valence-electron chi connectivity index (χ1n) is 8.21. The van der Waals surface area contributed by atoms with Gasteiger partial charge >= 0.3 is 0 Å². The normalized spacial score (nSPS) is 15.6. The largest absolute Gasteiger partial charge is 0.495 e. The molecular formula is C19H25N3O. The van der Waals surface area contributed by atoms with Gasteiger partial charge in [0.2, 0.25) is 0 Å². The monoisotopic (exact) mass is 311 g/mol. The summed E-state index contributed by atoms with van der Waals surface area (Å²) in [5.74, 6) is 0.959. The Bertz CT molecular complexity index is 636. The number of methoxy groups -OCH3 is 1. The number of rotatable bonds is 5. The highest BCUT2D eigenvalue weighted by Gasteiger charge is 2.19. The minimum Gasteiger partial charge on any atom is -0.495 e. The number of ether oxygens (including phenoxy) is 1. The van der Waals surface area contributed by atoms with E-state index in [4.69, 9.17) is 10.5 Å². The standard InChI is InChI=1S/C19H25N3O/c1-23-19-8-3-2-7-18(19)22-13-11-21(12-14-22)10-9-16-5-4-6-17(20)15-16/h2-8,15H,9-14,20H2,1H3. The zero-order chi connectivity index (χ0) is 16.1. The molecule has 0 aliphatic carbocycles. The molecule has 2 aromatic rings. The van der Waals surface area contributed by atoms with E-state index in [0.29, 0.717) is 0 Å². The third kappa shape index (κ3) is 3.96. The lowest BCUT2D eigenvalue weighted by Crippen LogP contribution is -2.47. The van der Waals surface area contributed by atoms with Crippen molar-refractivity contribution in [3.8, 4) is 5.75 Å². The van der Waals surface area contributed by atoms with Gasteiger partial charge in [-0.1, -0.05) is 24.3 Å². The van der Waals surface area contributed by atoms with E-state index in [0.717, 1.165) is 50.6 Å². The van der Waals surface area contributed by atoms with Crippen LogP contribution in [0, 0.1) is 0 Å². The minimum atomic E-state index is 0.850. The van der Waals surface area contributed by atoms with Crippen LogP contribution in [-0.4, -0.2) is 44.7 Å². The summed E-state index contributed by atoms with van der Waals surface area (Å²) < 4.78 is 5.47. The van der Waals surface area contributed by atoms with Crippen LogP contribution in [-0.2, 0) is 6.42 Å². The molecule has 1 aliphatic heterocycles. The Balaban J connectivity index is 1.52.